The first-order chi connectivity index (χ1) is 6.97. The van der Waals surface area contributed by atoms with Crippen molar-refractivity contribution in [3.63, 3.8) is 0 Å². The van der Waals surface area contributed by atoms with E-state index in [-0.39, 0.29) is 0 Å². The second kappa shape index (κ2) is 5.25. The van der Waals surface area contributed by atoms with Crippen molar-refractivity contribution in [2.75, 3.05) is 12.8 Å². The van der Waals surface area contributed by atoms with E-state index in [1.54, 1.807) is 0 Å². The Kier molecular flexibility index (Phi) is 4.26. The van der Waals surface area contributed by atoms with E-state index in [2.05, 4.69) is 29.6 Å². The van der Waals surface area contributed by atoms with Gasteiger partial charge in [0.25, 0.3) is 10.1 Å². The van der Waals surface area contributed by atoms with Crippen LogP contribution in [0.25, 0.3) is 0 Å². The predicted molar refractivity (Wildman–Crippen MR) is 59.3 cm³/mol. The molecule has 1 aliphatic rings. The Hall–Kier alpha value is -0.910. The molecule has 0 unspecified atom stereocenters. The van der Waals surface area contributed by atoms with Crippen LogP contribution in [0.5, 0.6) is 0 Å². The van der Waals surface area contributed by atoms with Crippen molar-refractivity contribution >= 4 is 10.1 Å². The predicted octanol–water partition coefficient (Wildman–Crippen LogP) is 0.836. The van der Waals surface area contributed by atoms with E-state index >= 15 is 0 Å². The molecule has 0 fully saturated rings. The molecule has 5 heteroatoms. The Morgan fingerprint density at radius 1 is 1.27 bits per heavy atom. The summed E-state index contributed by atoms with van der Waals surface area (Å²) in [6.45, 7) is 2.19. The third kappa shape index (κ3) is 5.51. The van der Waals surface area contributed by atoms with Crippen molar-refractivity contribution in [1.29, 1.82) is 0 Å². The molecule has 1 aromatic rings. The summed E-state index contributed by atoms with van der Waals surface area (Å²) in [7, 11) is -3.67. The van der Waals surface area contributed by atoms with Gasteiger partial charge in [-0.3, -0.25) is 4.55 Å². The number of benzene rings is 1. The van der Waals surface area contributed by atoms with Gasteiger partial charge in [0, 0.05) is 6.54 Å². The molecule has 0 atom stereocenters. The molecule has 0 spiro atoms. The van der Waals surface area contributed by atoms with Crippen LogP contribution in [0, 0.1) is 0 Å². The fourth-order valence-electron chi connectivity index (χ4n) is 1.42. The van der Waals surface area contributed by atoms with Crippen LogP contribution < -0.4 is 5.32 Å². The summed E-state index contributed by atoms with van der Waals surface area (Å²) in [4.78, 5) is 0. The van der Waals surface area contributed by atoms with Gasteiger partial charge in [-0.05, 0) is 24.1 Å². The van der Waals surface area contributed by atoms with Gasteiger partial charge >= 0.3 is 0 Å². The monoisotopic (exact) mass is 229 g/mol. The highest BCUT2D eigenvalue weighted by atomic mass is 32.2. The van der Waals surface area contributed by atoms with Crippen molar-refractivity contribution in [2.24, 2.45) is 0 Å². The maximum Gasteiger partial charge on any atom is 0.261 e. The lowest BCUT2D eigenvalue weighted by Crippen LogP contribution is -2.23. The quantitative estimate of drug-likeness (QED) is 0.647. The maximum atomic E-state index is 9.19. The smallest absolute Gasteiger partial charge is 0.261 e. The molecule has 0 amide bonds. The highest BCUT2D eigenvalue weighted by Gasteiger charge is 2.05. The largest absolute Gasteiger partial charge is 0.312 e. The van der Waals surface area contributed by atoms with Crippen LogP contribution >= 0.6 is 0 Å². The zero-order chi connectivity index (χ0) is 11.3. The Bertz CT molecular complexity index is 381. The van der Waals surface area contributed by atoms with E-state index in [4.69, 9.17) is 4.55 Å². The number of fused-ring (bicyclic) bond motifs is 1. The lowest BCUT2D eigenvalue weighted by molar-refractivity contribution is 0.490. The molecule has 0 bridgehead atoms. The second-order valence-corrected chi connectivity index (χ2v) is 4.89. The van der Waals surface area contributed by atoms with E-state index in [1.807, 2.05) is 0 Å². The van der Waals surface area contributed by atoms with Crippen molar-refractivity contribution in [1.82, 2.24) is 5.32 Å². The molecule has 0 aromatic heterocycles. The third-order valence-electron chi connectivity index (χ3n) is 2.00. The summed E-state index contributed by atoms with van der Waals surface area (Å²) in [5.74, 6) is 0. The van der Waals surface area contributed by atoms with Crippen molar-refractivity contribution in [3.8, 4) is 0 Å². The standard InChI is InChI=1S/C9H11N.CH4O3S/c1-2-4-9-7-10-6-5-8(9)3-1;1-5(2,3)4/h1-4,10H,5-7H2;1H3,(H,2,3,4). The molecule has 15 heavy (non-hydrogen) atoms. The Morgan fingerprint density at radius 2 is 1.80 bits per heavy atom. The summed E-state index contributed by atoms with van der Waals surface area (Å²) in [6, 6.07) is 8.63. The minimum atomic E-state index is -3.67. The normalized spacial score (nSPS) is 14.8. The van der Waals surface area contributed by atoms with Gasteiger partial charge in [0.1, 0.15) is 0 Å². The van der Waals surface area contributed by atoms with Gasteiger partial charge in [-0.2, -0.15) is 8.42 Å². The van der Waals surface area contributed by atoms with Crippen molar-refractivity contribution in [2.45, 2.75) is 13.0 Å². The minimum absolute atomic E-state index is 0.715. The van der Waals surface area contributed by atoms with E-state index in [1.165, 1.54) is 17.5 Å². The fraction of sp³-hybridized carbons (Fsp3) is 0.400. The summed E-state index contributed by atoms with van der Waals surface area (Å²) in [5, 5.41) is 3.34. The molecule has 0 radical (unpaired) electrons. The molecule has 1 heterocycles. The molecule has 0 aliphatic carbocycles. The number of nitrogens with one attached hydrogen (secondary N) is 1. The van der Waals surface area contributed by atoms with Gasteiger partial charge in [0.15, 0.2) is 0 Å². The highest BCUT2D eigenvalue weighted by molar-refractivity contribution is 7.85. The lowest BCUT2D eigenvalue weighted by Gasteiger charge is -2.15. The lowest BCUT2D eigenvalue weighted by atomic mass is 10.0. The van der Waals surface area contributed by atoms with Gasteiger partial charge in [-0.25, -0.2) is 0 Å². The minimum Gasteiger partial charge on any atom is -0.312 e. The SMILES string of the molecule is CS(=O)(=O)O.c1ccc2c(c1)CCNC2. The Labute approximate surface area is 90.1 Å². The average molecular weight is 229 g/mol. The average Bonchev–Trinajstić information content (AvgIpc) is 2.16. The zero-order valence-corrected chi connectivity index (χ0v) is 9.42. The molecule has 84 valence electrons. The van der Waals surface area contributed by atoms with Crippen LogP contribution in [0.4, 0.5) is 0 Å². The van der Waals surface area contributed by atoms with Crippen LogP contribution in [0.3, 0.4) is 0 Å². The van der Waals surface area contributed by atoms with E-state index in [0.717, 1.165) is 13.1 Å². The van der Waals surface area contributed by atoms with Gasteiger partial charge in [0.2, 0.25) is 0 Å². The summed E-state index contributed by atoms with van der Waals surface area (Å²) < 4.78 is 25.9. The first-order valence-corrected chi connectivity index (χ1v) is 6.51. The molecule has 0 saturated carbocycles. The topological polar surface area (TPSA) is 66.4 Å². The highest BCUT2D eigenvalue weighted by Crippen LogP contribution is 2.11. The van der Waals surface area contributed by atoms with Crippen molar-refractivity contribution < 1.29 is 13.0 Å². The van der Waals surface area contributed by atoms with Crippen LogP contribution in [-0.2, 0) is 23.1 Å². The zero-order valence-electron chi connectivity index (χ0n) is 8.60. The van der Waals surface area contributed by atoms with E-state index in [0.29, 0.717) is 6.26 Å². The van der Waals surface area contributed by atoms with Gasteiger partial charge < -0.3 is 5.32 Å². The summed E-state index contributed by atoms with van der Waals surface area (Å²) in [6.07, 6.45) is 1.91. The van der Waals surface area contributed by atoms with Crippen LogP contribution in [0.15, 0.2) is 24.3 Å². The first-order valence-electron chi connectivity index (χ1n) is 4.67. The van der Waals surface area contributed by atoms with Crippen LogP contribution in [0.1, 0.15) is 11.1 Å². The van der Waals surface area contributed by atoms with Crippen LogP contribution in [0.2, 0.25) is 0 Å². The second-order valence-electron chi connectivity index (χ2n) is 3.43. The Balaban J connectivity index is 0.000000195. The molecular formula is C10H15NO3S. The maximum absolute atomic E-state index is 9.19. The summed E-state index contributed by atoms with van der Waals surface area (Å²) in [5.41, 5.74) is 2.98. The summed E-state index contributed by atoms with van der Waals surface area (Å²) >= 11 is 0. The molecular weight excluding hydrogens is 214 g/mol. The molecule has 2 rings (SSSR count). The van der Waals surface area contributed by atoms with E-state index in [9.17, 15) is 8.42 Å². The van der Waals surface area contributed by atoms with E-state index < -0.39 is 10.1 Å². The number of rotatable bonds is 0. The van der Waals surface area contributed by atoms with Gasteiger partial charge in [-0.15, -0.1) is 0 Å². The molecule has 0 saturated heterocycles. The molecule has 4 nitrogen and oxygen atoms in total. The Morgan fingerprint density at radius 3 is 2.33 bits per heavy atom. The molecule has 2 N–H and O–H groups in total. The van der Waals surface area contributed by atoms with Gasteiger partial charge in [-0.1, -0.05) is 24.3 Å². The fourth-order valence-corrected chi connectivity index (χ4v) is 1.42. The third-order valence-corrected chi connectivity index (χ3v) is 2.00. The molecule has 1 aromatic carbocycles. The van der Waals surface area contributed by atoms with Crippen LogP contribution in [-0.4, -0.2) is 25.8 Å². The van der Waals surface area contributed by atoms with Gasteiger partial charge in [0.05, 0.1) is 6.26 Å². The first kappa shape index (κ1) is 12.2. The number of hydrogen-bond acceptors (Lipinski definition) is 3. The number of hydrogen-bond donors (Lipinski definition) is 2. The molecule has 1 aliphatic heterocycles. The van der Waals surface area contributed by atoms with Crippen molar-refractivity contribution in [3.05, 3.63) is 35.4 Å².